The van der Waals surface area contributed by atoms with Crippen molar-refractivity contribution >= 4 is 0 Å². The predicted molar refractivity (Wildman–Crippen MR) is 129 cm³/mol. The molecule has 0 aliphatic carbocycles. The van der Waals surface area contributed by atoms with Gasteiger partial charge in [0.15, 0.2) is 23.0 Å². The minimum absolute atomic E-state index is 0.490. The number of methoxy groups -OCH3 is 4. The first-order valence-electron chi connectivity index (χ1n) is 11.4. The number of hydrogen-bond donors (Lipinski definition) is 0. The van der Waals surface area contributed by atoms with Crippen molar-refractivity contribution in [3.63, 3.8) is 0 Å². The lowest BCUT2D eigenvalue weighted by Crippen LogP contribution is -2.27. The summed E-state index contributed by atoms with van der Waals surface area (Å²) < 4.78 is 28.1. The highest BCUT2D eigenvalue weighted by atomic mass is 16.5. The molecule has 0 fully saturated rings. The van der Waals surface area contributed by atoms with E-state index in [4.69, 9.17) is 23.7 Å². The minimum Gasteiger partial charge on any atom is -0.493 e. The van der Waals surface area contributed by atoms with E-state index in [-0.39, 0.29) is 0 Å². The van der Waals surface area contributed by atoms with Gasteiger partial charge in [0.25, 0.3) is 0 Å². The van der Waals surface area contributed by atoms with Crippen molar-refractivity contribution in [1.29, 1.82) is 0 Å². The highest BCUT2D eigenvalue weighted by molar-refractivity contribution is 5.55. The Morgan fingerprint density at radius 2 is 1.31 bits per heavy atom. The van der Waals surface area contributed by atoms with Gasteiger partial charge in [0.2, 0.25) is 5.75 Å². The molecule has 0 atom stereocenters. The SMILES string of the molecule is CCCN(CCC)CCc1ccc(OC)c(OCCc2ccc(OC)c(OC)c2OC)c1. The van der Waals surface area contributed by atoms with Gasteiger partial charge in [-0.05, 0) is 56.1 Å². The smallest absolute Gasteiger partial charge is 0.203 e. The van der Waals surface area contributed by atoms with Crippen LogP contribution in [-0.4, -0.2) is 59.6 Å². The molecule has 0 bridgehead atoms. The van der Waals surface area contributed by atoms with Gasteiger partial charge in [0.05, 0.1) is 35.0 Å². The number of benzene rings is 2. The van der Waals surface area contributed by atoms with Crippen molar-refractivity contribution in [1.82, 2.24) is 4.90 Å². The maximum absolute atomic E-state index is 6.14. The second-order valence-electron chi connectivity index (χ2n) is 7.67. The summed E-state index contributed by atoms with van der Waals surface area (Å²) >= 11 is 0. The number of nitrogens with zero attached hydrogens (tertiary/aromatic N) is 1. The Labute approximate surface area is 193 Å². The van der Waals surface area contributed by atoms with Gasteiger partial charge < -0.3 is 28.6 Å². The van der Waals surface area contributed by atoms with E-state index in [0.29, 0.717) is 30.3 Å². The Balaban J connectivity index is 2.07. The third-order valence-electron chi connectivity index (χ3n) is 5.44. The Hall–Kier alpha value is -2.60. The molecule has 0 spiro atoms. The lowest BCUT2D eigenvalue weighted by Gasteiger charge is -2.21. The molecule has 2 aromatic rings. The fraction of sp³-hybridized carbons (Fsp3) is 0.538. The number of ether oxygens (including phenoxy) is 5. The molecule has 0 saturated heterocycles. The van der Waals surface area contributed by atoms with Crippen LogP contribution in [0.2, 0.25) is 0 Å². The quantitative estimate of drug-likeness (QED) is 0.384. The third-order valence-corrected chi connectivity index (χ3v) is 5.44. The van der Waals surface area contributed by atoms with E-state index in [9.17, 15) is 0 Å². The zero-order valence-electron chi connectivity index (χ0n) is 20.5. The van der Waals surface area contributed by atoms with Crippen LogP contribution in [0, 0.1) is 0 Å². The van der Waals surface area contributed by atoms with E-state index in [1.165, 1.54) is 18.4 Å². The first-order chi connectivity index (χ1) is 15.6. The molecule has 32 heavy (non-hydrogen) atoms. The molecule has 0 N–H and O–H groups in total. The monoisotopic (exact) mass is 445 g/mol. The third kappa shape index (κ3) is 6.95. The molecule has 2 aromatic carbocycles. The van der Waals surface area contributed by atoms with Gasteiger partial charge >= 0.3 is 0 Å². The highest BCUT2D eigenvalue weighted by Gasteiger charge is 2.16. The Morgan fingerprint density at radius 1 is 0.656 bits per heavy atom. The summed E-state index contributed by atoms with van der Waals surface area (Å²) in [5.74, 6) is 3.41. The highest BCUT2D eigenvalue weighted by Crippen LogP contribution is 2.40. The van der Waals surface area contributed by atoms with Crippen LogP contribution in [0.25, 0.3) is 0 Å². The zero-order valence-corrected chi connectivity index (χ0v) is 20.5. The fourth-order valence-electron chi connectivity index (χ4n) is 3.88. The van der Waals surface area contributed by atoms with Crippen molar-refractivity contribution in [2.24, 2.45) is 0 Å². The molecule has 0 saturated carbocycles. The summed E-state index contributed by atoms with van der Waals surface area (Å²) in [6.45, 7) is 8.28. The molecule has 0 unspecified atom stereocenters. The van der Waals surface area contributed by atoms with Crippen molar-refractivity contribution in [2.45, 2.75) is 39.5 Å². The Bertz CT molecular complexity index is 818. The Kier molecular flexibility index (Phi) is 11.0. The fourth-order valence-corrected chi connectivity index (χ4v) is 3.88. The molecule has 2 rings (SSSR count). The molecule has 0 aromatic heterocycles. The average molecular weight is 446 g/mol. The van der Waals surface area contributed by atoms with Crippen LogP contribution in [0.4, 0.5) is 0 Å². The van der Waals surface area contributed by atoms with Crippen molar-refractivity contribution in [3.8, 4) is 28.7 Å². The lowest BCUT2D eigenvalue weighted by atomic mass is 10.1. The number of rotatable bonds is 15. The number of hydrogen-bond acceptors (Lipinski definition) is 6. The summed E-state index contributed by atoms with van der Waals surface area (Å²) in [6, 6.07) is 10.1. The van der Waals surface area contributed by atoms with Crippen molar-refractivity contribution < 1.29 is 23.7 Å². The zero-order chi connectivity index (χ0) is 23.3. The summed E-state index contributed by atoms with van der Waals surface area (Å²) in [4.78, 5) is 2.52. The van der Waals surface area contributed by atoms with E-state index < -0.39 is 0 Å². The van der Waals surface area contributed by atoms with Gasteiger partial charge in [-0.1, -0.05) is 26.0 Å². The van der Waals surface area contributed by atoms with E-state index in [2.05, 4.69) is 30.9 Å². The maximum atomic E-state index is 6.14. The average Bonchev–Trinajstić information content (AvgIpc) is 2.82. The van der Waals surface area contributed by atoms with Gasteiger partial charge in [-0.15, -0.1) is 0 Å². The topological polar surface area (TPSA) is 49.4 Å². The van der Waals surface area contributed by atoms with Crippen LogP contribution in [0.5, 0.6) is 28.7 Å². The summed E-state index contributed by atoms with van der Waals surface area (Å²) in [5, 5.41) is 0. The lowest BCUT2D eigenvalue weighted by molar-refractivity contribution is 0.277. The van der Waals surface area contributed by atoms with Crippen LogP contribution in [0.15, 0.2) is 30.3 Å². The van der Waals surface area contributed by atoms with Crippen LogP contribution >= 0.6 is 0 Å². The first-order valence-corrected chi connectivity index (χ1v) is 11.4. The minimum atomic E-state index is 0.490. The largest absolute Gasteiger partial charge is 0.493 e. The molecule has 0 aliphatic heterocycles. The maximum Gasteiger partial charge on any atom is 0.203 e. The molecule has 0 amide bonds. The van der Waals surface area contributed by atoms with E-state index in [0.717, 1.165) is 43.1 Å². The van der Waals surface area contributed by atoms with Crippen molar-refractivity contribution in [2.75, 3.05) is 54.7 Å². The Morgan fingerprint density at radius 3 is 1.91 bits per heavy atom. The molecule has 0 aliphatic rings. The summed E-state index contributed by atoms with van der Waals surface area (Å²) in [7, 11) is 6.53. The van der Waals surface area contributed by atoms with E-state index in [1.54, 1.807) is 28.4 Å². The standard InChI is InChI=1S/C26H39NO5/c1-7-15-27(16-8-2)17-13-20-9-11-22(28-3)24(19-20)32-18-14-21-10-12-23(29-4)26(31-6)25(21)30-5/h9-12,19H,7-8,13-18H2,1-6H3. The van der Waals surface area contributed by atoms with Crippen LogP contribution in [0.3, 0.4) is 0 Å². The van der Waals surface area contributed by atoms with E-state index >= 15 is 0 Å². The van der Waals surface area contributed by atoms with Gasteiger partial charge in [0.1, 0.15) is 0 Å². The van der Waals surface area contributed by atoms with Gasteiger partial charge in [-0.25, -0.2) is 0 Å². The molecular formula is C26H39NO5. The normalized spacial score (nSPS) is 10.8. The van der Waals surface area contributed by atoms with Gasteiger partial charge in [-0.3, -0.25) is 0 Å². The van der Waals surface area contributed by atoms with E-state index in [1.807, 2.05) is 18.2 Å². The van der Waals surface area contributed by atoms with Crippen LogP contribution in [0.1, 0.15) is 37.8 Å². The molecule has 0 radical (unpaired) electrons. The predicted octanol–water partition coefficient (Wildman–Crippen LogP) is 5.01. The second-order valence-corrected chi connectivity index (χ2v) is 7.67. The van der Waals surface area contributed by atoms with Gasteiger partial charge in [0, 0.05) is 18.5 Å². The van der Waals surface area contributed by atoms with Crippen molar-refractivity contribution in [3.05, 3.63) is 41.5 Å². The van der Waals surface area contributed by atoms with Gasteiger partial charge in [-0.2, -0.15) is 0 Å². The molecular weight excluding hydrogens is 406 g/mol. The molecule has 178 valence electrons. The summed E-state index contributed by atoms with van der Waals surface area (Å²) in [5.41, 5.74) is 2.25. The second kappa shape index (κ2) is 13.7. The molecule has 0 heterocycles. The summed E-state index contributed by atoms with van der Waals surface area (Å²) in [6.07, 6.45) is 4.01. The molecule has 6 nitrogen and oxygen atoms in total. The van der Waals surface area contributed by atoms with Crippen LogP contribution in [-0.2, 0) is 12.8 Å². The van der Waals surface area contributed by atoms with Crippen LogP contribution < -0.4 is 23.7 Å². The molecule has 6 heteroatoms. The first kappa shape index (κ1) is 25.7.